The van der Waals surface area contributed by atoms with Crippen LogP contribution in [0.15, 0.2) is 0 Å². The minimum atomic E-state index is 0.0556. The van der Waals surface area contributed by atoms with Crippen molar-refractivity contribution in [3.05, 3.63) is 0 Å². The fourth-order valence-corrected chi connectivity index (χ4v) is 3.58. The van der Waals surface area contributed by atoms with Gasteiger partial charge in [0.05, 0.1) is 12.2 Å². The normalized spacial score (nSPS) is 30.3. The Balaban J connectivity index is 2.07. The van der Waals surface area contributed by atoms with Crippen molar-refractivity contribution >= 4 is 17.7 Å². The lowest BCUT2D eigenvalue weighted by Gasteiger charge is -2.30. The number of hydrogen-bond donors (Lipinski definition) is 1. The van der Waals surface area contributed by atoms with Crippen LogP contribution in [-0.4, -0.2) is 40.6 Å². The number of nitrogens with one attached hydrogen (secondary N) is 1. The van der Waals surface area contributed by atoms with E-state index in [0.29, 0.717) is 16.6 Å². The third kappa shape index (κ3) is 2.69. The molecular weight excluding hydrogens is 244 g/mol. The summed E-state index contributed by atoms with van der Waals surface area (Å²) in [6.07, 6.45) is 6.97. The molecule has 0 aromatic rings. The maximum atomic E-state index is 12.5. The Morgan fingerprint density at radius 3 is 2.61 bits per heavy atom. The molecule has 3 nitrogen and oxygen atoms in total. The number of nitrogens with zero attached hydrogens (tertiary/aromatic N) is 1. The molecule has 1 aliphatic heterocycles. The van der Waals surface area contributed by atoms with Crippen molar-refractivity contribution in [3.63, 3.8) is 0 Å². The Hall–Kier alpha value is -0.220. The molecule has 4 heteroatoms. The first-order valence-corrected chi connectivity index (χ1v) is 8.37. The molecule has 1 saturated carbocycles. The van der Waals surface area contributed by atoms with Crippen LogP contribution in [0.2, 0.25) is 0 Å². The van der Waals surface area contributed by atoms with Crippen molar-refractivity contribution in [2.75, 3.05) is 12.8 Å². The molecule has 0 aromatic carbocycles. The largest absolute Gasteiger partial charge is 0.324 e. The summed E-state index contributed by atoms with van der Waals surface area (Å²) in [7, 11) is 0. The van der Waals surface area contributed by atoms with Crippen molar-refractivity contribution in [1.82, 2.24) is 10.2 Å². The van der Waals surface area contributed by atoms with E-state index in [4.69, 9.17) is 0 Å². The predicted octanol–water partition coefficient (Wildman–Crippen LogP) is 2.46. The molecule has 1 aliphatic carbocycles. The number of hydrogen-bond acceptors (Lipinski definition) is 3. The second-order valence-corrected chi connectivity index (χ2v) is 7.32. The van der Waals surface area contributed by atoms with E-state index in [2.05, 4.69) is 37.2 Å². The van der Waals surface area contributed by atoms with Crippen LogP contribution >= 0.6 is 11.8 Å². The molecule has 1 saturated heterocycles. The maximum Gasteiger partial charge on any atom is 0.241 e. The summed E-state index contributed by atoms with van der Waals surface area (Å²) in [5.41, 5.74) is 0. The van der Waals surface area contributed by atoms with Gasteiger partial charge in [-0.15, -0.1) is 0 Å². The topological polar surface area (TPSA) is 32.3 Å². The number of carbonyl (C=O) groups is 1. The highest BCUT2D eigenvalue weighted by atomic mass is 32.2. The molecule has 0 aromatic heterocycles. The highest BCUT2D eigenvalue weighted by molar-refractivity contribution is 8.00. The maximum absolute atomic E-state index is 12.5. The van der Waals surface area contributed by atoms with Gasteiger partial charge in [0.15, 0.2) is 0 Å². The minimum Gasteiger partial charge on any atom is -0.324 e. The lowest BCUT2D eigenvalue weighted by Crippen LogP contribution is -2.45. The molecule has 2 unspecified atom stereocenters. The molecule has 1 N–H and O–H groups in total. The Bertz CT molecular complexity index is 315. The molecule has 2 rings (SSSR count). The van der Waals surface area contributed by atoms with Crippen LogP contribution in [0.25, 0.3) is 0 Å². The zero-order valence-electron chi connectivity index (χ0n) is 12.0. The van der Waals surface area contributed by atoms with Gasteiger partial charge in [-0.1, -0.05) is 27.2 Å². The molecule has 1 amide bonds. The molecule has 0 bridgehead atoms. The Morgan fingerprint density at radius 1 is 1.50 bits per heavy atom. The van der Waals surface area contributed by atoms with E-state index in [1.165, 1.54) is 12.8 Å². The second-order valence-electron chi connectivity index (χ2n) is 6.05. The molecule has 1 heterocycles. The first kappa shape index (κ1) is 14.2. The summed E-state index contributed by atoms with van der Waals surface area (Å²) in [6.45, 7) is 7.48. The Morgan fingerprint density at radius 2 is 2.17 bits per heavy atom. The van der Waals surface area contributed by atoms with Gasteiger partial charge in [-0.25, -0.2) is 0 Å². The van der Waals surface area contributed by atoms with Crippen LogP contribution in [0.4, 0.5) is 0 Å². The van der Waals surface area contributed by atoms with E-state index in [1.807, 2.05) is 11.8 Å². The highest BCUT2D eigenvalue weighted by Gasteiger charge is 2.49. The molecule has 2 fully saturated rings. The standard InChI is InChI=1S/C14H26N2OS/c1-5-6-11-13(17)16(12(15-11)10(2)3)9-14(18-4)7-8-14/h10-12,15H,5-9H2,1-4H3. The van der Waals surface area contributed by atoms with Crippen LogP contribution in [0, 0.1) is 5.92 Å². The van der Waals surface area contributed by atoms with Gasteiger partial charge in [0, 0.05) is 11.3 Å². The van der Waals surface area contributed by atoms with Gasteiger partial charge in [0.1, 0.15) is 0 Å². The molecule has 2 atom stereocenters. The molecular formula is C14H26N2OS. The summed E-state index contributed by atoms with van der Waals surface area (Å²) in [5, 5.41) is 3.53. The molecule has 0 radical (unpaired) electrons. The highest BCUT2D eigenvalue weighted by Crippen LogP contribution is 2.48. The number of carbonyl (C=O) groups excluding carboxylic acids is 1. The van der Waals surface area contributed by atoms with Gasteiger partial charge < -0.3 is 4.90 Å². The van der Waals surface area contributed by atoms with Crippen LogP contribution < -0.4 is 5.32 Å². The smallest absolute Gasteiger partial charge is 0.241 e. The first-order valence-electron chi connectivity index (χ1n) is 7.14. The fraction of sp³-hybridized carbons (Fsp3) is 0.929. The van der Waals surface area contributed by atoms with Gasteiger partial charge in [0.25, 0.3) is 0 Å². The van der Waals surface area contributed by atoms with Crippen molar-refractivity contribution in [1.29, 1.82) is 0 Å². The Kier molecular flexibility index (Phi) is 4.27. The molecule has 18 heavy (non-hydrogen) atoms. The summed E-state index contributed by atoms with van der Waals surface area (Å²) in [6, 6.07) is 0.0556. The van der Waals surface area contributed by atoms with E-state index < -0.39 is 0 Å². The lowest BCUT2D eigenvalue weighted by atomic mass is 10.1. The fourth-order valence-electron chi connectivity index (χ4n) is 2.81. The molecule has 104 valence electrons. The van der Waals surface area contributed by atoms with Gasteiger partial charge in [-0.2, -0.15) is 11.8 Å². The monoisotopic (exact) mass is 270 g/mol. The number of amides is 1. The van der Waals surface area contributed by atoms with E-state index >= 15 is 0 Å². The molecule has 0 spiro atoms. The van der Waals surface area contributed by atoms with Crippen LogP contribution in [0.1, 0.15) is 46.5 Å². The lowest BCUT2D eigenvalue weighted by molar-refractivity contribution is -0.130. The SMILES string of the molecule is CCCC1NC(C(C)C)N(CC2(SC)CC2)C1=O. The third-order valence-electron chi connectivity index (χ3n) is 4.20. The average Bonchev–Trinajstić information content (AvgIpc) is 3.05. The van der Waals surface area contributed by atoms with Crippen molar-refractivity contribution in [2.45, 2.75) is 63.4 Å². The number of rotatable bonds is 6. The van der Waals surface area contributed by atoms with Crippen LogP contribution in [-0.2, 0) is 4.79 Å². The second kappa shape index (κ2) is 5.41. The summed E-state index contributed by atoms with van der Waals surface area (Å²) >= 11 is 1.93. The summed E-state index contributed by atoms with van der Waals surface area (Å²) in [4.78, 5) is 14.6. The van der Waals surface area contributed by atoms with Gasteiger partial charge in [-0.05, 0) is 31.4 Å². The number of thioether (sulfide) groups is 1. The zero-order chi connectivity index (χ0) is 13.3. The van der Waals surface area contributed by atoms with E-state index in [0.717, 1.165) is 19.4 Å². The minimum absolute atomic E-state index is 0.0556. The summed E-state index contributed by atoms with van der Waals surface area (Å²) < 4.78 is 0.367. The van der Waals surface area contributed by atoms with Crippen molar-refractivity contribution in [3.8, 4) is 0 Å². The third-order valence-corrected chi connectivity index (χ3v) is 5.60. The predicted molar refractivity (Wildman–Crippen MR) is 77.7 cm³/mol. The van der Waals surface area contributed by atoms with Gasteiger partial charge in [0.2, 0.25) is 5.91 Å². The molecule has 2 aliphatic rings. The van der Waals surface area contributed by atoms with Crippen molar-refractivity contribution < 1.29 is 4.79 Å². The Labute approximate surface area is 115 Å². The quantitative estimate of drug-likeness (QED) is 0.805. The van der Waals surface area contributed by atoms with E-state index in [-0.39, 0.29) is 12.2 Å². The average molecular weight is 270 g/mol. The van der Waals surface area contributed by atoms with Gasteiger partial charge in [-0.3, -0.25) is 10.1 Å². The summed E-state index contributed by atoms with van der Waals surface area (Å²) in [5.74, 6) is 0.810. The van der Waals surface area contributed by atoms with Crippen molar-refractivity contribution in [2.24, 2.45) is 5.92 Å². The van der Waals surface area contributed by atoms with Crippen LogP contribution in [0.3, 0.4) is 0 Å². The first-order chi connectivity index (χ1) is 8.53. The van der Waals surface area contributed by atoms with E-state index in [9.17, 15) is 4.79 Å². The van der Waals surface area contributed by atoms with Gasteiger partial charge >= 0.3 is 0 Å². The van der Waals surface area contributed by atoms with E-state index in [1.54, 1.807) is 0 Å². The zero-order valence-corrected chi connectivity index (χ0v) is 12.8. The van der Waals surface area contributed by atoms with Crippen LogP contribution in [0.5, 0.6) is 0 Å².